The van der Waals surface area contributed by atoms with Crippen LogP contribution < -0.4 is 4.90 Å². The Bertz CT molecular complexity index is 354. The molecular formula is C12H19ClN4. The highest BCUT2D eigenvalue weighted by atomic mass is 35.5. The van der Waals surface area contributed by atoms with Crippen molar-refractivity contribution in [1.29, 1.82) is 0 Å². The van der Waals surface area contributed by atoms with Crippen LogP contribution in [0.1, 0.15) is 18.5 Å². The Morgan fingerprint density at radius 1 is 1.47 bits per heavy atom. The molecule has 0 aliphatic carbocycles. The van der Waals surface area contributed by atoms with E-state index in [1.165, 1.54) is 19.4 Å². The van der Waals surface area contributed by atoms with Gasteiger partial charge in [-0.25, -0.2) is 4.98 Å². The first-order valence-electron chi connectivity index (χ1n) is 5.99. The zero-order chi connectivity index (χ0) is 12.3. The van der Waals surface area contributed by atoms with Crippen molar-refractivity contribution >= 4 is 17.4 Å². The average molecular weight is 255 g/mol. The fourth-order valence-electron chi connectivity index (χ4n) is 2.24. The number of piperidine rings is 1. The molecule has 5 heteroatoms. The van der Waals surface area contributed by atoms with E-state index in [9.17, 15) is 0 Å². The van der Waals surface area contributed by atoms with Crippen molar-refractivity contribution in [3.63, 3.8) is 0 Å². The van der Waals surface area contributed by atoms with Crippen molar-refractivity contribution < 1.29 is 0 Å². The Hall–Kier alpha value is -0.870. The summed E-state index contributed by atoms with van der Waals surface area (Å²) in [4.78, 5) is 13.3. The lowest BCUT2D eigenvalue weighted by molar-refractivity contribution is 0.247. The second kappa shape index (κ2) is 5.65. The first-order chi connectivity index (χ1) is 8.20. The molecule has 0 saturated carbocycles. The van der Waals surface area contributed by atoms with Gasteiger partial charge in [0.15, 0.2) is 0 Å². The molecule has 17 heavy (non-hydrogen) atoms. The van der Waals surface area contributed by atoms with E-state index >= 15 is 0 Å². The molecule has 94 valence electrons. The topological polar surface area (TPSA) is 32.3 Å². The third-order valence-corrected chi connectivity index (χ3v) is 3.61. The van der Waals surface area contributed by atoms with E-state index in [0.29, 0.717) is 11.9 Å². The van der Waals surface area contributed by atoms with E-state index < -0.39 is 0 Å². The predicted octanol–water partition coefficient (Wildman–Crippen LogP) is 1.75. The Kier molecular flexibility index (Phi) is 4.18. The molecule has 1 aromatic rings. The summed E-state index contributed by atoms with van der Waals surface area (Å²) in [6, 6.07) is 0.532. The zero-order valence-corrected chi connectivity index (χ0v) is 11.2. The smallest absolute Gasteiger partial charge is 0.147 e. The number of likely N-dealkylation sites (N-methyl/N-ethyl adjacent to an activating group) is 2. The molecule has 2 rings (SSSR count). The molecule has 0 spiro atoms. The largest absolute Gasteiger partial charge is 0.354 e. The molecule has 0 N–H and O–H groups in total. The van der Waals surface area contributed by atoms with Crippen molar-refractivity contribution in [3.05, 3.63) is 18.1 Å². The number of anilines is 1. The summed E-state index contributed by atoms with van der Waals surface area (Å²) < 4.78 is 0. The lowest BCUT2D eigenvalue weighted by Crippen LogP contribution is -2.45. The molecule has 1 fully saturated rings. The van der Waals surface area contributed by atoms with Gasteiger partial charge in [0.25, 0.3) is 0 Å². The maximum absolute atomic E-state index is 5.70. The molecule has 0 radical (unpaired) electrons. The molecule has 0 amide bonds. The van der Waals surface area contributed by atoms with E-state index in [1.807, 2.05) is 6.20 Å². The van der Waals surface area contributed by atoms with Gasteiger partial charge in [-0.2, -0.15) is 0 Å². The molecule has 2 heterocycles. The molecule has 1 unspecified atom stereocenters. The maximum Gasteiger partial charge on any atom is 0.147 e. The first-order valence-corrected chi connectivity index (χ1v) is 6.52. The van der Waals surface area contributed by atoms with E-state index in [0.717, 1.165) is 18.1 Å². The molecule has 1 aromatic heterocycles. The number of hydrogen-bond acceptors (Lipinski definition) is 4. The van der Waals surface area contributed by atoms with Gasteiger partial charge in [0.05, 0.1) is 24.0 Å². The highest BCUT2D eigenvalue weighted by molar-refractivity contribution is 6.16. The van der Waals surface area contributed by atoms with Crippen LogP contribution in [0.25, 0.3) is 0 Å². The minimum atomic E-state index is 0.420. The van der Waals surface area contributed by atoms with Gasteiger partial charge in [-0.15, -0.1) is 11.6 Å². The predicted molar refractivity (Wildman–Crippen MR) is 70.5 cm³/mol. The Morgan fingerprint density at radius 3 is 2.88 bits per heavy atom. The third-order valence-electron chi connectivity index (χ3n) is 3.34. The van der Waals surface area contributed by atoms with Gasteiger partial charge in [0.1, 0.15) is 5.82 Å². The minimum absolute atomic E-state index is 0.420. The number of rotatable bonds is 3. The lowest BCUT2D eigenvalue weighted by atomic mass is 10.1. The van der Waals surface area contributed by atoms with Crippen LogP contribution >= 0.6 is 11.6 Å². The molecule has 0 aromatic carbocycles. The van der Waals surface area contributed by atoms with Crippen LogP contribution in [-0.4, -0.2) is 48.1 Å². The molecule has 1 aliphatic rings. The van der Waals surface area contributed by atoms with Crippen molar-refractivity contribution in [3.8, 4) is 0 Å². The van der Waals surface area contributed by atoms with Crippen molar-refractivity contribution in [2.75, 3.05) is 32.1 Å². The maximum atomic E-state index is 5.70. The van der Waals surface area contributed by atoms with E-state index in [1.54, 1.807) is 6.20 Å². The Labute approximate surface area is 108 Å². The normalized spacial score (nSPS) is 21.5. The molecule has 0 bridgehead atoms. The average Bonchev–Trinajstić information content (AvgIpc) is 2.38. The number of nitrogens with zero attached hydrogens (tertiary/aromatic N) is 4. The van der Waals surface area contributed by atoms with Crippen LogP contribution in [0.4, 0.5) is 5.82 Å². The van der Waals surface area contributed by atoms with Crippen molar-refractivity contribution in [1.82, 2.24) is 14.9 Å². The zero-order valence-electron chi connectivity index (χ0n) is 10.4. The van der Waals surface area contributed by atoms with Crippen molar-refractivity contribution in [2.24, 2.45) is 0 Å². The van der Waals surface area contributed by atoms with Crippen LogP contribution in [-0.2, 0) is 5.88 Å². The quantitative estimate of drug-likeness (QED) is 0.770. The monoisotopic (exact) mass is 254 g/mol. The van der Waals surface area contributed by atoms with E-state index in [-0.39, 0.29) is 0 Å². The summed E-state index contributed by atoms with van der Waals surface area (Å²) in [5, 5.41) is 0. The summed E-state index contributed by atoms with van der Waals surface area (Å²) in [6.07, 6.45) is 6.04. The van der Waals surface area contributed by atoms with Crippen LogP contribution in [0.2, 0.25) is 0 Å². The fourth-order valence-corrected chi connectivity index (χ4v) is 2.38. The minimum Gasteiger partial charge on any atom is -0.354 e. The van der Waals surface area contributed by atoms with Gasteiger partial charge >= 0.3 is 0 Å². The summed E-state index contributed by atoms with van der Waals surface area (Å²) in [5.41, 5.74) is 0.824. The van der Waals surface area contributed by atoms with Gasteiger partial charge in [-0.05, 0) is 26.4 Å². The van der Waals surface area contributed by atoms with Gasteiger partial charge in [-0.1, -0.05) is 0 Å². The highest BCUT2D eigenvalue weighted by Crippen LogP contribution is 2.18. The van der Waals surface area contributed by atoms with Gasteiger partial charge in [0.2, 0.25) is 0 Å². The van der Waals surface area contributed by atoms with E-state index in [2.05, 4.69) is 33.9 Å². The molecule has 1 atom stereocenters. The van der Waals surface area contributed by atoms with Crippen molar-refractivity contribution in [2.45, 2.75) is 24.8 Å². The van der Waals surface area contributed by atoms with Gasteiger partial charge in [-0.3, -0.25) is 4.98 Å². The fraction of sp³-hybridized carbons (Fsp3) is 0.667. The molecule has 4 nitrogen and oxygen atoms in total. The number of hydrogen-bond donors (Lipinski definition) is 0. The molecule has 1 saturated heterocycles. The third kappa shape index (κ3) is 3.07. The second-order valence-corrected chi connectivity index (χ2v) is 4.94. The van der Waals surface area contributed by atoms with Gasteiger partial charge in [0, 0.05) is 19.6 Å². The summed E-state index contributed by atoms with van der Waals surface area (Å²) in [5.74, 6) is 1.35. The number of alkyl halides is 1. The summed E-state index contributed by atoms with van der Waals surface area (Å²) in [6.45, 7) is 2.29. The Morgan fingerprint density at radius 2 is 2.29 bits per heavy atom. The summed E-state index contributed by atoms with van der Waals surface area (Å²) >= 11 is 5.70. The van der Waals surface area contributed by atoms with Crippen LogP contribution in [0.3, 0.4) is 0 Å². The SMILES string of the molecule is CN1CCCC(N(C)c2cnc(CCl)cn2)C1. The van der Waals surface area contributed by atoms with Crippen LogP contribution in [0, 0.1) is 0 Å². The second-order valence-electron chi connectivity index (χ2n) is 4.67. The number of likely N-dealkylation sites (tertiary alicyclic amines) is 1. The van der Waals surface area contributed by atoms with Crippen LogP contribution in [0.15, 0.2) is 12.4 Å². The number of halogens is 1. The molecule has 1 aliphatic heterocycles. The van der Waals surface area contributed by atoms with Gasteiger partial charge < -0.3 is 9.80 Å². The molecular weight excluding hydrogens is 236 g/mol. The standard InChI is InChI=1S/C12H19ClN4/c1-16-5-3-4-11(9-16)17(2)12-8-14-10(6-13)7-15-12/h7-8,11H,3-6,9H2,1-2H3. The Balaban J connectivity index is 2.04. The first kappa shape index (κ1) is 12.6. The van der Waals surface area contributed by atoms with Crippen LogP contribution in [0.5, 0.6) is 0 Å². The lowest BCUT2D eigenvalue weighted by Gasteiger charge is -2.36. The van der Waals surface area contributed by atoms with E-state index in [4.69, 9.17) is 11.6 Å². The summed E-state index contributed by atoms with van der Waals surface area (Å²) in [7, 11) is 4.26. The number of aromatic nitrogens is 2. The highest BCUT2D eigenvalue weighted by Gasteiger charge is 2.21.